The Morgan fingerprint density at radius 2 is 2.27 bits per heavy atom. The number of nitrogens with two attached hydrogens (primary N) is 1. The number of benzene rings is 1. The molecule has 2 aliphatic rings. The van der Waals surface area contributed by atoms with E-state index in [1.54, 1.807) is 6.07 Å². The Labute approximate surface area is 89.5 Å². The van der Waals surface area contributed by atoms with Crippen LogP contribution in [0.25, 0.3) is 0 Å². The molecule has 1 aromatic carbocycles. The van der Waals surface area contributed by atoms with Gasteiger partial charge in [0.2, 0.25) is 0 Å². The zero-order valence-corrected chi connectivity index (χ0v) is 8.69. The first-order chi connectivity index (χ1) is 7.25. The second kappa shape index (κ2) is 3.22. The van der Waals surface area contributed by atoms with Gasteiger partial charge in [0.1, 0.15) is 5.75 Å². The summed E-state index contributed by atoms with van der Waals surface area (Å²) in [5.41, 5.74) is 8.66. The van der Waals surface area contributed by atoms with Crippen LogP contribution in [-0.4, -0.2) is 22.6 Å². The molecule has 3 rings (SSSR count). The summed E-state index contributed by atoms with van der Waals surface area (Å²) in [6, 6.07) is 6.14. The maximum atomic E-state index is 9.48. The van der Waals surface area contributed by atoms with Gasteiger partial charge in [-0.25, -0.2) is 0 Å². The summed E-state index contributed by atoms with van der Waals surface area (Å²) in [4.78, 5) is 2.46. The Morgan fingerprint density at radius 1 is 1.40 bits per heavy atom. The number of nitrogens with zero attached hydrogens (tertiary/aromatic N) is 1. The van der Waals surface area contributed by atoms with E-state index in [0.717, 1.165) is 12.1 Å². The lowest BCUT2D eigenvalue weighted by Gasteiger charge is -2.36. The molecule has 15 heavy (non-hydrogen) atoms. The fourth-order valence-corrected chi connectivity index (χ4v) is 2.92. The van der Waals surface area contributed by atoms with Gasteiger partial charge in [-0.05, 0) is 42.6 Å². The van der Waals surface area contributed by atoms with Crippen LogP contribution in [0.4, 0.5) is 0 Å². The quantitative estimate of drug-likeness (QED) is 0.671. The first-order valence-corrected chi connectivity index (χ1v) is 5.57. The molecular formula is C12H16N2O. The van der Waals surface area contributed by atoms with Crippen molar-refractivity contribution >= 4 is 0 Å². The molecule has 3 N–H and O–H groups in total. The fraction of sp³-hybridized carbons (Fsp3) is 0.500. The standard InChI is InChI=1S/C12H16N2O/c13-12-10-6-9(15)4-3-8(10)7-14-5-1-2-11(12)14/h3-4,6,11-12,15H,1-2,5,7,13H2. The van der Waals surface area contributed by atoms with Crippen LogP contribution in [0.5, 0.6) is 5.75 Å². The van der Waals surface area contributed by atoms with Crippen molar-refractivity contribution in [3.05, 3.63) is 29.3 Å². The van der Waals surface area contributed by atoms with Gasteiger partial charge in [-0.2, -0.15) is 0 Å². The second-order valence-electron chi connectivity index (χ2n) is 4.59. The number of phenolic OH excluding ortho intramolecular Hbond substituents is 1. The zero-order chi connectivity index (χ0) is 10.4. The fourth-order valence-electron chi connectivity index (χ4n) is 2.92. The molecule has 0 radical (unpaired) electrons. The average molecular weight is 204 g/mol. The van der Waals surface area contributed by atoms with Crippen LogP contribution in [0, 0.1) is 0 Å². The summed E-state index contributed by atoms with van der Waals surface area (Å²) in [5, 5.41) is 9.48. The third-order valence-electron chi connectivity index (χ3n) is 3.69. The lowest BCUT2D eigenvalue weighted by Crippen LogP contribution is -2.42. The summed E-state index contributed by atoms with van der Waals surface area (Å²) >= 11 is 0. The molecule has 0 amide bonds. The van der Waals surface area contributed by atoms with Crippen LogP contribution in [0.1, 0.15) is 30.0 Å². The largest absolute Gasteiger partial charge is 0.508 e. The smallest absolute Gasteiger partial charge is 0.115 e. The SMILES string of the molecule is NC1c2cc(O)ccc2CN2CCCC12. The molecule has 1 fully saturated rings. The highest BCUT2D eigenvalue weighted by molar-refractivity contribution is 5.39. The second-order valence-corrected chi connectivity index (χ2v) is 4.59. The van der Waals surface area contributed by atoms with Crippen molar-refractivity contribution in [2.75, 3.05) is 6.54 Å². The van der Waals surface area contributed by atoms with Gasteiger partial charge in [0.15, 0.2) is 0 Å². The first-order valence-electron chi connectivity index (χ1n) is 5.57. The van der Waals surface area contributed by atoms with E-state index >= 15 is 0 Å². The molecule has 0 spiro atoms. The summed E-state index contributed by atoms with van der Waals surface area (Å²) in [6.45, 7) is 2.16. The predicted octanol–water partition coefficient (Wildman–Crippen LogP) is 1.37. The van der Waals surface area contributed by atoms with Crippen LogP contribution < -0.4 is 5.73 Å². The number of hydrogen-bond acceptors (Lipinski definition) is 3. The van der Waals surface area contributed by atoms with E-state index in [9.17, 15) is 5.11 Å². The van der Waals surface area contributed by atoms with Gasteiger partial charge in [-0.1, -0.05) is 6.07 Å². The van der Waals surface area contributed by atoms with E-state index in [1.807, 2.05) is 12.1 Å². The highest BCUT2D eigenvalue weighted by atomic mass is 16.3. The normalized spacial score (nSPS) is 29.9. The van der Waals surface area contributed by atoms with Crippen molar-refractivity contribution in [3.63, 3.8) is 0 Å². The number of aromatic hydroxyl groups is 1. The predicted molar refractivity (Wildman–Crippen MR) is 58.5 cm³/mol. The third-order valence-corrected chi connectivity index (χ3v) is 3.69. The van der Waals surface area contributed by atoms with E-state index in [-0.39, 0.29) is 6.04 Å². The van der Waals surface area contributed by atoms with Crippen molar-refractivity contribution in [1.82, 2.24) is 4.90 Å². The molecule has 2 heterocycles. The van der Waals surface area contributed by atoms with E-state index in [0.29, 0.717) is 11.8 Å². The minimum Gasteiger partial charge on any atom is -0.508 e. The van der Waals surface area contributed by atoms with Crippen LogP contribution in [0.3, 0.4) is 0 Å². The maximum Gasteiger partial charge on any atom is 0.115 e. The molecule has 2 aliphatic heterocycles. The van der Waals surface area contributed by atoms with Crippen molar-refractivity contribution in [2.45, 2.75) is 31.5 Å². The van der Waals surface area contributed by atoms with Gasteiger partial charge in [0.25, 0.3) is 0 Å². The molecule has 0 saturated carbocycles. The van der Waals surface area contributed by atoms with Crippen molar-refractivity contribution in [2.24, 2.45) is 5.73 Å². The Bertz CT molecular complexity index is 391. The molecule has 2 atom stereocenters. The van der Waals surface area contributed by atoms with Crippen LogP contribution in [0.2, 0.25) is 0 Å². The maximum absolute atomic E-state index is 9.48. The average Bonchev–Trinajstić information content (AvgIpc) is 2.68. The zero-order valence-electron chi connectivity index (χ0n) is 8.69. The lowest BCUT2D eigenvalue weighted by molar-refractivity contribution is 0.197. The van der Waals surface area contributed by atoms with Gasteiger partial charge in [0, 0.05) is 18.6 Å². The summed E-state index contributed by atoms with van der Waals surface area (Å²) in [7, 11) is 0. The van der Waals surface area contributed by atoms with Crippen molar-refractivity contribution in [1.29, 1.82) is 0 Å². The van der Waals surface area contributed by atoms with Crippen LogP contribution in [0.15, 0.2) is 18.2 Å². The first kappa shape index (κ1) is 9.19. The van der Waals surface area contributed by atoms with Gasteiger partial charge < -0.3 is 10.8 Å². The monoisotopic (exact) mass is 204 g/mol. The molecule has 0 bridgehead atoms. The van der Waals surface area contributed by atoms with E-state index in [4.69, 9.17) is 5.73 Å². The Balaban J connectivity index is 2.05. The summed E-state index contributed by atoms with van der Waals surface area (Å²) in [6.07, 6.45) is 2.44. The molecule has 3 heteroatoms. The van der Waals surface area contributed by atoms with Crippen LogP contribution >= 0.6 is 0 Å². The van der Waals surface area contributed by atoms with Crippen molar-refractivity contribution < 1.29 is 5.11 Å². The summed E-state index contributed by atoms with van der Waals surface area (Å²) < 4.78 is 0. The highest BCUT2D eigenvalue weighted by Crippen LogP contribution is 2.36. The van der Waals surface area contributed by atoms with Crippen molar-refractivity contribution in [3.8, 4) is 5.75 Å². The number of phenols is 1. The molecule has 80 valence electrons. The summed E-state index contributed by atoms with van der Waals surface area (Å²) in [5.74, 6) is 0.329. The lowest BCUT2D eigenvalue weighted by atomic mass is 9.90. The van der Waals surface area contributed by atoms with Gasteiger partial charge in [-0.3, -0.25) is 4.90 Å². The highest BCUT2D eigenvalue weighted by Gasteiger charge is 2.35. The molecule has 0 aromatic heterocycles. The van der Waals surface area contributed by atoms with Gasteiger partial charge in [-0.15, -0.1) is 0 Å². The Morgan fingerprint density at radius 3 is 3.13 bits per heavy atom. The molecule has 1 aromatic rings. The van der Waals surface area contributed by atoms with E-state index in [2.05, 4.69) is 4.90 Å². The van der Waals surface area contributed by atoms with E-state index in [1.165, 1.54) is 24.9 Å². The topological polar surface area (TPSA) is 49.5 Å². The third kappa shape index (κ3) is 1.34. The molecular weight excluding hydrogens is 188 g/mol. The Kier molecular flexibility index (Phi) is 1.97. The molecule has 3 nitrogen and oxygen atoms in total. The molecule has 2 unspecified atom stereocenters. The number of hydrogen-bond donors (Lipinski definition) is 2. The molecule has 1 saturated heterocycles. The van der Waals surface area contributed by atoms with E-state index < -0.39 is 0 Å². The number of fused-ring (bicyclic) bond motifs is 2. The molecule has 0 aliphatic carbocycles. The minimum atomic E-state index is 0.0725. The van der Waals surface area contributed by atoms with Crippen LogP contribution in [-0.2, 0) is 6.54 Å². The minimum absolute atomic E-state index is 0.0725. The Hall–Kier alpha value is -1.06. The van der Waals surface area contributed by atoms with Gasteiger partial charge in [0.05, 0.1) is 0 Å². The van der Waals surface area contributed by atoms with Gasteiger partial charge >= 0.3 is 0 Å². The number of rotatable bonds is 0.